The highest BCUT2D eigenvalue weighted by Crippen LogP contribution is 2.27. The van der Waals surface area contributed by atoms with Crippen molar-refractivity contribution in [1.29, 1.82) is 0 Å². The van der Waals surface area contributed by atoms with Gasteiger partial charge in [0, 0.05) is 19.8 Å². The van der Waals surface area contributed by atoms with Gasteiger partial charge in [0.1, 0.15) is 11.6 Å². The minimum Gasteiger partial charge on any atom is -0.496 e. The molecule has 4 nitrogen and oxygen atoms in total. The number of nitrogens with two attached hydrogens (primary N) is 1. The van der Waals surface area contributed by atoms with Crippen molar-refractivity contribution in [1.82, 2.24) is 0 Å². The van der Waals surface area contributed by atoms with Crippen molar-refractivity contribution in [2.75, 3.05) is 21.3 Å². The molecule has 0 spiro atoms. The molecule has 1 atom stereocenters. The molecule has 5 heteroatoms. The van der Waals surface area contributed by atoms with Crippen LogP contribution in [0.1, 0.15) is 11.6 Å². The summed E-state index contributed by atoms with van der Waals surface area (Å²) in [5.41, 5.74) is 6.42. The molecule has 0 aliphatic heterocycles. The molecule has 1 aromatic rings. The van der Waals surface area contributed by atoms with E-state index >= 15 is 0 Å². The van der Waals surface area contributed by atoms with E-state index in [1.165, 1.54) is 39.5 Å². The second kappa shape index (κ2) is 5.79. The van der Waals surface area contributed by atoms with E-state index in [0.29, 0.717) is 11.3 Å². The molecule has 0 amide bonds. The van der Waals surface area contributed by atoms with Crippen molar-refractivity contribution in [2.24, 2.45) is 5.73 Å². The predicted octanol–water partition coefficient (Wildman–Crippen LogP) is 1.45. The maximum Gasteiger partial charge on any atom is 0.176 e. The summed E-state index contributed by atoms with van der Waals surface area (Å²) in [5, 5.41) is 0. The number of hydrogen-bond donors (Lipinski definition) is 1. The molecule has 0 fully saturated rings. The lowest BCUT2D eigenvalue weighted by atomic mass is 10.1. The molecule has 90 valence electrons. The van der Waals surface area contributed by atoms with Crippen LogP contribution in [-0.2, 0) is 9.47 Å². The lowest BCUT2D eigenvalue weighted by Crippen LogP contribution is -2.30. The zero-order valence-electron chi connectivity index (χ0n) is 9.57. The van der Waals surface area contributed by atoms with Crippen LogP contribution in [-0.4, -0.2) is 27.6 Å². The zero-order chi connectivity index (χ0) is 12.1. The number of hydrogen-bond acceptors (Lipinski definition) is 4. The average Bonchev–Trinajstić information content (AvgIpc) is 2.30. The highest BCUT2D eigenvalue weighted by atomic mass is 19.1. The lowest BCUT2D eigenvalue weighted by molar-refractivity contribution is -0.117. The first-order valence-corrected chi connectivity index (χ1v) is 4.78. The third-order valence-electron chi connectivity index (χ3n) is 2.31. The Balaban J connectivity index is 3.04. The summed E-state index contributed by atoms with van der Waals surface area (Å²) < 4.78 is 28.3. The molecule has 0 aromatic heterocycles. The van der Waals surface area contributed by atoms with E-state index in [9.17, 15) is 4.39 Å². The van der Waals surface area contributed by atoms with Gasteiger partial charge in [-0.15, -0.1) is 0 Å². The summed E-state index contributed by atoms with van der Waals surface area (Å²) in [6, 6.07) is 3.53. The van der Waals surface area contributed by atoms with Crippen molar-refractivity contribution in [3.63, 3.8) is 0 Å². The Morgan fingerprint density at radius 3 is 2.31 bits per heavy atom. The summed E-state index contributed by atoms with van der Waals surface area (Å²) in [6.07, 6.45) is -0.643. The van der Waals surface area contributed by atoms with Crippen LogP contribution in [0.4, 0.5) is 4.39 Å². The number of halogens is 1. The van der Waals surface area contributed by atoms with Crippen LogP contribution in [0.5, 0.6) is 5.75 Å². The molecule has 1 rings (SSSR count). The second-order valence-corrected chi connectivity index (χ2v) is 3.25. The Labute approximate surface area is 94.1 Å². The van der Waals surface area contributed by atoms with Gasteiger partial charge >= 0.3 is 0 Å². The first kappa shape index (κ1) is 12.9. The van der Waals surface area contributed by atoms with Crippen molar-refractivity contribution in [2.45, 2.75) is 12.3 Å². The Morgan fingerprint density at radius 2 is 1.81 bits per heavy atom. The molecule has 1 aromatic carbocycles. The third-order valence-corrected chi connectivity index (χ3v) is 2.31. The van der Waals surface area contributed by atoms with Gasteiger partial charge in [-0.3, -0.25) is 0 Å². The molecule has 0 radical (unpaired) electrons. The molecule has 1 unspecified atom stereocenters. The monoisotopic (exact) mass is 229 g/mol. The molecular weight excluding hydrogens is 213 g/mol. The van der Waals surface area contributed by atoms with Gasteiger partial charge in [-0.25, -0.2) is 4.39 Å². The Kier molecular flexibility index (Phi) is 4.67. The van der Waals surface area contributed by atoms with Gasteiger partial charge in [-0.1, -0.05) is 0 Å². The maximum absolute atomic E-state index is 13.1. The van der Waals surface area contributed by atoms with E-state index in [-0.39, 0.29) is 5.82 Å². The van der Waals surface area contributed by atoms with Crippen LogP contribution < -0.4 is 10.5 Å². The molecule has 0 saturated heterocycles. The van der Waals surface area contributed by atoms with Gasteiger partial charge in [0.25, 0.3) is 0 Å². The zero-order valence-corrected chi connectivity index (χ0v) is 9.57. The minimum atomic E-state index is -0.643. The first-order valence-electron chi connectivity index (χ1n) is 4.78. The van der Waals surface area contributed by atoms with E-state index in [2.05, 4.69) is 0 Å². The van der Waals surface area contributed by atoms with Crippen LogP contribution in [0.3, 0.4) is 0 Å². The fourth-order valence-electron chi connectivity index (χ4n) is 1.50. The third kappa shape index (κ3) is 2.69. The van der Waals surface area contributed by atoms with Gasteiger partial charge in [0.15, 0.2) is 6.29 Å². The fourth-order valence-corrected chi connectivity index (χ4v) is 1.50. The topological polar surface area (TPSA) is 53.7 Å². The van der Waals surface area contributed by atoms with Crippen molar-refractivity contribution in [3.05, 3.63) is 29.6 Å². The summed E-state index contributed by atoms with van der Waals surface area (Å²) in [5.74, 6) is 0.130. The van der Waals surface area contributed by atoms with Crippen molar-refractivity contribution < 1.29 is 18.6 Å². The first-order chi connectivity index (χ1) is 7.63. The highest BCUT2D eigenvalue weighted by molar-refractivity contribution is 5.36. The predicted molar refractivity (Wildman–Crippen MR) is 57.7 cm³/mol. The van der Waals surface area contributed by atoms with Gasteiger partial charge in [-0.05, 0) is 18.2 Å². The molecule has 0 aliphatic rings. The number of methoxy groups -OCH3 is 3. The molecule has 2 N–H and O–H groups in total. The number of benzene rings is 1. The average molecular weight is 229 g/mol. The largest absolute Gasteiger partial charge is 0.496 e. The van der Waals surface area contributed by atoms with Gasteiger partial charge in [0.2, 0.25) is 0 Å². The Hall–Kier alpha value is -1.17. The minimum absolute atomic E-state index is 0.378. The molecule has 0 heterocycles. The SMILES string of the molecule is COc1ccc(F)cc1C(N)C(OC)OC. The summed E-state index contributed by atoms with van der Waals surface area (Å²) in [7, 11) is 4.44. The Morgan fingerprint density at radius 1 is 1.19 bits per heavy atom. The van der Waals surface area contributed by atoms with E-state index in [4.69, 9.17) is 19.9 Å². The lowest BCUT2D eigenvalue weighted by Gasteiger charge is -2.22. The second-order valence-electron chi connectivity index (χ2n) is 3.25. The quantitative estimate of drug-likeness (QED) is 0.776. The van der Waals surface area contributed by atoms with E-state index in [1.807, 2.05) is 0 Å². The van der Waals surface area contributed by atoms with Crippen LogP contribution in [0.2, 0.25) is 0 Å². The van der Waals surface area contributed by atoms with Crippen LogP contribution in [0.15, 0.2) is 18.2 Å². The molecule has 0 saturated carbocycles. The fraction of sp³-hybridized carbons (Fsp3) is 0.455. The van der Waals surface area contributed by atoms with Gasteiger partial charge in [-0.2, -0.15) is 0 Å². The molecular formula is C11H16FNO3. The van der Waals surface area contributed by atoms with E-state index < -0.39 is 12.3 Å². The van der Waals surface area contributed by atoms with Gasteiger partial charge in [0.05, 0.1) is 13.2 Å². The van der Waals surface area contributed by atoms with Crippen LogP contribution in [0, 0.1) is 5.82 Å². The smallest absolute Gasteiger partial charge is 0.176 e. The number of ether oxygens (including phenoxy) is 3. The van der Waals surface area contributed by atoms with E-state index in [0.717, 1.165) is 0 Å². The van der Waals surface area contributed by atoms with Crippen molar-refractivity contribution >= 4 is 0 Å². The van der Waals surface area contributed by atoms with Crippen LogP contribution >= 0.6 is 0 Å². The highest BCUT2D eigenvalue weighted by Gasteiger charge is 2.22. The normalized spacial score (nSPS) is 12.9. The summed E-state index contributed by atoms with van der Waals surface area (Å²) >= 11 is 0. The summed E-state index contributed by atoms with van der Waals surface area (Å²) in [4.78, 5) is 0. The molecule has 16 heavy (non-hydrogen) atoms. The van der Waals surface area contributed by atoms with Gasteiger partial charge < -0.3 is 19.9 Å². The number of rotatable bonds is 5. The maximum atomic E-state index is 13.1. The molecule has 0 aliphatic carbocycles. The van der Waals surface area contributed by atoms with Crippen LogP contribution in [0.25, 0.3) is 0 Å². The Bertz CT molecular complexity index is 342. The van der Waals surface area contributed by atoms with E-state index in [1.54, 1.807) is 0 Å². The van der Waals surface area contributed by atoms with Crippen molar-refractivity contribution in [3.8, 4) is 5.75 Å². The molecule has 0 bridgehead atoms. The standard InChI is InChI=1S/C11H16FNO3/c1-14-9-5-4-7(12)6-8(9)10(13)11(15-2)16-3/h4-6,10-11H,13H2,1-3H3. The summed E-state index contributed by atoms with van der Waals surface area (Å²) in [6.45, 7) is 0.